The third-order valence-electron chi connectivity index (χ3n) is 4.68. The summed E-state index contributed by atoms with van der Waals surface area (Å²) in [5.74, 6) is 1.65. The number of nitrogens with zero attached hydrogens (tertiary/aromatic N) is 2. The van der Waals surface area contributed by atoms with Gasteiger partial charge in [0.2, 0.25) is 0 Å². The molecule has 1 N–H and O–H groups in total. The van der Waals surface area contributed by atoms with Gasteiger partial charge in [0.15, 0.2) is 0 Å². The van der Waals surface area contributed by atoms with Gasteiger partial charge in [0.1, 0.15) is 5.60 Å². The quantitative estimate of drug-likeness (QED) is 0.889. The van der Waals surface area contributed by atoms with Crippen LogP contribution < -0.4 is 0 Å². The molecule has 0 bridgehead atoms. The Morgan fingerprint density at radius 1 is 1.39 bits per heavy atom. The zero-order valence-electron chi connectivity index (χ0n) is 11.3. The van der Waals surface area contributed by atoms with Crippen molar-refractivity contribution in [3.63, 3.8) is 0 Å². The molecule has 2 aliphatic carbocycles. The highest BCUT2D eigenvalue weighted by Crippen LogP contribution is 2.49. The van der Waals surface area contributed by atoms with Crippen molar-refractivity contribution in [1.29, 1.82) is 0 Å². The van der Waals surface area contributed by atoms with Crippen molar-refractivity contribution in [2.45, 2.75) is 64.0 Å². The Morgan fingerprint density at radius 2 is 2.22 bits per heavy atom. The van der Waals surface area contributed by atoms with Gasteiger partial charge in [-0.3, -0.25) is 4.68 Å². The largest absolute Gasteiger partial charge is 0.384 e. The molecule has 1 aromatic rings. The van der Waals surface area contributed by atoms with E-state index in [0.717, 1.165) is 49.8 Å². The van der Waals surface area contributed by atoms with E-state index in [9.17, 15) is 5.11 Å². The predicted octanol–water partition coefficient (Wildman–Crippen LogP) is 3.08. The van der Waals surface area contributed by atoms with E-state index in [1.165, 1.54) is 19.3 Å². The molecule has 2 aliphatic rings. The van der Waals surface area contributed by atoms with Crippen LogP contribution in [-0.2, 0) is 12.1 Å². The van der Waals surface area contributed by atoms with Crippen molar-refractivity contribution in [3.8, 4) is 0 Å². The smallest absolute Gasteiger partial charge is 0.106 e. The fraction of sp³-hybridized carbons (Fsp3) is 0.800. The van der Waals surface area contributed by atoms with Gasteiger partial charge in [0, 0.05) is 12.7 Å². The molecule has 0 amide bonds. The first-order valence-corrected chi connectivity index (χ1v) is 7.47. The van der Waals surface area contributed by atoms with Crippen molar-refractivity contribution in [2.75, 3.05) is 0 Å². The molecule has 0 aromatic carbocycles. The average molecular weight is 248 g/mol. The Balaban J connectivity index is 1.81. The van der Waals surface area contributed by atoms with Gasteiger partial charge in [-0.2, -0.15) is 5.10 Å². The minimum Gasteiger partial charge on any atom is -0.384 e. The standard InChI is InChI=1S/C15H24N2O/c1-2-10-17-14(7-9-16-17)15(18)8-3-4-13(11-15)12-5-6-12/h7,9,12-13,18H,2-6,8,10-11H2,1H3. The van der Waals surface area contributed by atoms with Gasteiger partial charge >= 0.3 is 0 Å². The van der Waals surface area contributed by atoms with Crippen LogP contribution in [0.25, 0.3) is 0 Å². The van der Waals surface area contributed by atoms with Crippen molar-refractivity contribution < 1.29 is 5.11 Å². The van der Waals surface area contributed by atoms with Gasteiger partial charge in [0.05, 0.1) is 5.69 Å². The Bertz CT molecular complexity index is 410. The molecular weight excluding hydrogens is 224 g/mol. The summed E-state index contributed by atoms with van der Waals surface area (Å²) >= 11 is 0. The third kappa shape index (κ3) is 2.20. The van der Waals surface area contributed by atoms with E-state index in [1.807, 2.05) is 16.9 Å². The Hall–Kier alpha value is -0.830. The van der Waals surface area contributed by atoms with Crippen LogP contribution in [-0.4, -0.2) is 14.9 Å². The molecule has 1 heterocycles. The Morgan fingerprint density at radius 3 is 2.94 bits per heavy atom. The second kappa shape index (κ2) is 4.69. The van der Waals surface area contributed by atoms with E-state index < -0.39 is 5.60 Å². The highest BCUT2D eigenvalue weighted by Gasteiger charge is 2.43. The summed E-state index contributed by atoms with van der Waals surface area (Å²) in [7, 11) is 0. The van der Waals surface area contributed by atoms with Crippen LogP contribution in [0.3, 0.4) is 0 Å². The minimum atomic E-state index is -0.614. The summed E-state index contributed by atoms with van der Waals surface area (Å²) in [4.78, 5) is 0. The molecule has 2 saturated carbocycles. The van der Waals surface area contributed by atoms with Crippen LogP contribution in [0, 0.1) is 11.8 Å². The zero-order chi connectivity index (χ0) is 12.6. The lowest BCUT2D eigenvalue weighted by Crippen LogP contribution is -2.35. The first kappa shape index (κ1) is 12.2. The molecule has 0 spiro atoms. The molecule has 100 valence electrons. The monoisotopic (exact) mass is 248 g/mol. The summed E-state index contributed by atoms with van der Waals surface area (Å²) in [5, 5.41) is 15.4. The summed E-state index contributed by atoms with van der Waals surface area (Å²) in [6, 6.07) is 2.02. The molecular formula is C15H24N2O. The SMILES string of the molecule is CCCn1nccc1C1(O)CCCC(C2CC2)C1. The van der Waals surface area contributed by atoms with Crippen LogP contribution in [0.5, 0.6) is 0 Å². The maximum atomic E-state index is 11.0. The number of aromatic nitrogens is 2. The Kier molecular flexibility index (Phi) is 3.18. The molecule has 2 atom stereocenters. The molecule has 0 saturated heterocycles. The predicted molar refractivity (Wildman–Crippen MR) is 71.1 cm³/mol. The van der Waals surface area contributed by atoms with Crippen molar-refractivity contribution in [2.24, 2.45) is 11.8 Å². The summed E-state index contributed by atoms with van der Waals surface area (Å²) < 4.78 is 2.01. The number of aliphatic hydroxyl groups is 1. The van der Waals surface area contributed by atoms with Crippen LogP contribution >= 0.6 is 0 Å². The van der Waals surface area contributed by atoms with Crippen LogP contribution in [0.2, 0.25) is 0 Å². The number of hydrogen-bond donors (Lipinski definition) is 1. The maximum Gasteiger partial charge on any atom is 0.106 e. The number of aryl methyl sites for hydroxylation is 1. The Labute approximate surface area is 109 Å². The van der Waals surface area contributed by atoms with Gasteiger partial charge in [-0.05, 0) is 62.8 Å². The molecule has 18 heavy (non-hydrogen) atoms. The second-order valence-electron chi connectivity index (χ2n) is 6.17. The summed E-state index contributed by atoms with van der Waals surface area (Å²) in [6.07, 6.45) is 10.0. The van der Waals surface area contributed by atoms with Gasteiger partial charge < -0.3 is 5.11 Å². The van der Waals surface area contributed by atoms with Crippen LogP contribution in [0.1, 0.15) is 57.6 Å². The fourth-order valence-electron chi connectivity index (χ4n) is 3.62. The van der Waals surface area contributed by atoms with E-state index in [1.54, 1.807) is 0 Å². The van der Waals surface area contributed by atoms with E-state index in [0.29, 0.717) is 0 Å². The lowest BCUT2D eigenvalue weighted by Gasteiger charge is -2.37. The molecule has 3 heteroatoms. The van der Waals surface area contributed by atoms with Gasteiger partial charge in [-0.25, -0.2) is 0 Å². The van der Waals surface area contributed by atoms with Crippen molar-refractivity contribution in [1.82, 2.24) is 9.78 Å². The van der Waals surface area contributed by atoms with Gasteiger partial charge in [0.25, 0.3) is 0 Å². The fourth-order valence-corrected chi connectivity index (χ4v) is 3.62. The van der Waals surface area contributed by atoms with E-state index in [2.05, 4.69) is 12.0 Å². The first-order chi connectivity index (χ1) is 8.73. The lowest BCUT2D eigenvalue weighted by atomic mass is 9.74. The molecule has 2 fully saturated rings. The molecule has 0 aliphatic heterocycles. The highest BCUT2D eigenvalue weighted by atomic mass is 16.3. The minimum absolute atomic E-state index is 0.614. The molecule has 2 unspecified atom stereocenters. The summed E-state index contributed by atoms with van der Waals surface area (Å²) in [5.41, 5.74) is 0.437. The van der Waals surface area contributed by atoms with Gasteiger partial charge in [-0.1, -0.05) is 6.92 Å². The molecule has 0 radical (unpaired) electrons. The molecule has 3 nitrogen and oxygen atoms in total. The molecule has 3 rings (SSSR count). The second-order valence-corrected chi connectivity index (χ2v) is 6.17. The van der Waals surface area contributed by atoms with E-state index >= 15 is 0 Å². The van der Waals surface area contributed by atoms with Crippen LogP contribution in [0.15, 0.2) is 12.3 Å². The van der Waals surface area contributed by atoms with Gasteiger partial charge in [-0.15, -0.1) is 0 Å². The van der Waals surface area contributed by atoms with E-state index in [-0.39, 0.29) is 0 Å². The number of hydrogen-bond acceptors (Lipinski definition) is 2. The highest BCUT2D eigenvalue weighted by molar-refractivity contribution is 5.14. The summed E-state index contributed by atoms with van der Waals surface area (Å²) in [6.45, 7) is 3.07. The number of rotatable bonds is 4. The van der Waals surface area contributed by atoms with Crippen LogP contribution in [0.4, 0.5) is 0 Å². The zero-order valence-corrected chi connectivity index (χ0v) is 11.3. The topological polar surface area (TPSA) is 38.0 Å². The third-order valence-corrected chi connectivity index (χ3v) is 4.68. The first-order valence-electron chi connectivity index (χ1n) is 7.47. The normalized spacial score (nSPS) is 32.7. The van der Waals surface area contributed by atoms with Crippen molar-refractivity contribution >= 4 is 0 Å². The van der Waals surface area contributed by atoms with E-state index in [4.69, 9.17) is 0 Å². The lowest BCUT2D eigenvalue weighted by molar-refractivity contribution is -0.0323. The molecule has 1 aromatic heterocycles. The van der Waals surface area contributed by atoms with Crippen molar-refractivity contribution in [3.05, 3.63) is 18.0 Å². The average Bonchev–Trinajstić information content (AvgIpc) is 3.10. The maximum absolute atomic E-state index is 11.0.